The highest BCUT2D eigenvalue weighted by molar-refractivity contribution is 6.33. The largest absolute Gasteiger partial charge is 0.382 e. The van der Waals surface area contributed by atoms with Crippen molar-refractivity contribution in [3.05, 3.63) is 33.3 Å². The highest BCUT2D eigenvalue weighted by atomic mass is 35.5. The van der Waals surface area contributed by atoms with Gasteiger partial charge in [0, 0.05) is 57.4 Å². The number of nitrogens with zero attached hydrogens (tertiary/aromatic N) is 3. The maximum absolute atomic E-state index is 10.7. The molecule has 6 nitrogen and oxygen atoms in total. The lowest BCUT2D eigenvalue weighted by atomic mass is 10.1. The zero-order valence-corrected chi connectivity index (χ0v) is 11.8. The standard InChI is InChI=1S/C13H17ClN4O2/c14-12-7-10(18(19)20)1-2-13(12)15-8-11-9-16-3-5-17(11)6-4-16/h1-2,7,11,15H,3-6,8-9H2. The zero-order chi connectivity index (χ0) is 14.1. The van der Waals surface area contributed by atoms with E-state index in [2.05, 4.69) is 15.1 Å². The predicted molar refractivity (Wildman–Crippen MR) is 78.4 cm³/mol. The number of halogens is 1. The van der Waals surface area contributed by atoms with Gasteiger partial charge in [0.25, 0.3) is 5.69 Å². The first-order valence-corrected chi connectivity index (χ1v) is 7.15. The number of benzene rings is 1. The molecular formula is C13H17ClN4O2. The molecule has 0 aliphatic carbocycles. The molecule has 1 unspecified atom stereocenters. The minimum absolute atomic E-state index is 0.0205. The summed E-state index contributed by atoms with van der Waals surface area (Å²) in [6, 6.07) is 5.03. The maximum Gasteiger partial charge on any atom is 0.271 e. The maximum atomic E-state index is 10.7. The molecule has 20 heavy (non-hydrogen) atoms. The van der Waals surface area contributed by atoms with E-state index in [1.54, 1.807) is 6.07 Å². The summed E-state index contributed by atoms with van der Waals surface area (Å²) in [6.07, 6.45) is 0. The molecule has 0 radical (unpaired) electrons. The number of hydrogen-bond donors (Lipinski definition) is 1. The van der Waals surface area contributed by atoms with Crippen LogP contribution in [0, 0.1) is 10.1 Å². The lowest BCUT2D eigenvalue weighted by Gasteiger charge is -2.47. The summed E-state index contributed by atoms with van der Waals surface area (Å²) in [7, 11) is 0. The van der Waals surface area contributed by atoms with E-state index in [1.165, 1.54) is 12.1 Å². The first-order valence-electron chi connectivity index (χ1n) is 6.78. The molecule has 2 bridgehead atoms. The van der Waals surface area contributed by atoms with Gasteiger partial charge in [-0.05, 0) is 6.07 Å². The van der Waals surface area contributed by atoms with E-state index >= 15 is 0 Å². The van der Waals surface area contributed by atoms with Gasteiger partial charge in [0.1, 0.15) is 0 Å². The second-order valence-electron chi connectivity index (χ2n) is 5.29. The van der Waals surface area contributed by atoms with Crippen LogP contribution >= 0.6 is 11.6 Å². The third kappa shape index (κ3) is 2.72. The second-order valence-corrected chi connectivity index (χ2v) is 5.70. The number of piperazine rings is 3. The normalized spacial score (nSPS) is 28.4. The van der Waals surface area contributed by atoms with E-state index < -0.39 is 4.92 Å². The van der Waals surface area contributed by atoms with Crippen molar-refractivity contribution in [2.45, 2.75) is 6.04 Å². The topological polar surface area (TPSA) is 61.7 Å². The van der Waals surface area contributed by atoms with Crippen molar-refractivity contribution in [3.63, 3.8) is 0 Å². The Balaban J connectivity index is 1.62. The average Bonchev–Trinajstić information content (AvgIpc) is 2.47. The molecule has 1 atom stereocenters. The zero-order valence-electron chi connectivity index (χ0n) is 11.1. The number of nitro groups is 1. The summed E-state index contributed by atoms with van der Waals surface area (Å²) in [5.74, 6) is 0. The van der Waals surface area contributed by atoms with E-state index in [4.69, 9.17) is 11.6 Å². The number of fused-ring (bicyclic) bond motifs is 3. The second kappa shape index (κ2) is 5.55. The van der Waals surface area contributed by atoms with Gasteiger partial charge >= 0.3 is 0 Å². The first-order chi connectivity index (χ1) is 9.63. The van der Waals surface area contributed by atoms with Crippen LogP contribution in [0.25, 0.3) is 0 Å². The van der Waals surface area contributed by atoms with Crippen LogP contribution in [0.5, 0.6) is 0 Å². The van der Waals surface area contributed by atoms with Crippen molar-refractivity contribution >= 4 is 23.0 Å². The summed E-state index contributed by atoms with van der Waals surface area (Å²) in [5, 5.41) is 14.4. The molecular weight excluding hydrogens is 280 g/mol. The fourth-order valence-electron chi connectivity index (χ4n) is 2.91. The lowest BCUT2D eigenvalue weighted by Crippen LogP contribution is -2.62. The van der Waals surface area contributed by atoms with E-state index in [0.29, 0.717) is 11.1 Å². The number of rotatable bonds is 4. The number of nitro benzene ring substituents is 1. The molecule has 3 fully saturated rings. The minimum atomic E-state index is -0.436. The quantitative estimate of drug-likeness (QED) is 0.676. The molecule has 1 aromatic carbocycles. The molecule has 0 saturated carbocycles. The van der Waals surface area contributed by atoms with Gasteiger partial charge in [-0.3, -0.25) is 19.9 Å². The minimum Gasteiger partial charge on any atom is -0.382 e. The Kier molecular flexibility index (Phi) is 3.78. The fourth-order valence-corrected chi connectivity index (χ4v) is 3.15. The van der Waals surface area contributed by atoms with Crippen LogP contribution in [0.4, 0.5) is 11.4 Å². The van der Waals surface area contributed by atoms with Gasteiger partial charge in [0.05, 0.1) is 15.6 Å². The Labute approximate surface area is 122 Å². The van der Waals surface area contributed by atoms with Crippen molar-refractivity contribution in [2.24, 2.45) is 0 Å². The van der Waals surface area contributed by atoms with Gasteiger partial charge in [-0.1, -0.05) is 11.6 Å². The Morgan fingerprint density at radius 1 is 1.35 bits per heavy atom. The Bertz CT molecular complexity index is 517. The van der Waals surface area contributed by atoms with Crippen molar-refractivity contribution in [3.8, 4) is 0 Å². The highest BCUT2D eigenvalue weighted by Gasteiger charge is 2.31. The summed E-state index contributed by atoms with van der Waals surface area (Å²) in [6.45, 7) is 6.47. The van der Waals surface area contributed by atoms with E-state index in [-0.39, 0.29) is 5.69 Å². The summed E-state index contributed by atoms with van der Waals surface area (Å²) in [5.41, 5.74) is 0.780. The van der Waals surface area contributed by atoms with Crippen molar-refractivity contribution < 1.29 is 4.92 Å². The Morgan fingerprint density at radius 2 is 2.10 bits per heavy atom. The summed E-state index contributed by atoms with van der Waals surface area (Å²) < 4.78 is 0. The van der Waals surface area contributed by atoms with Crippen LogP contribution in [0.2, 0.25) is 5.02 Å². The molecule has 0 spiro atoms. The first kappa shape index (κ1) is 13.6. The molecule has 3 aliphatic heterocycles. The molecule has 3 heterocycles. The third-order valence-electron chi connectivity index (χ3n) is 4.08. The molecule has 1 aromatic rings. The third-order valence-corrected chi connectivity index (χ3v) is 4.40. The molecule has 4 rings (SSSR count). The average molecular weight is 297 g/mol. The molecule has 0 aromatic heterocycles. The highest BCUT2D eigenvalue weighted by Crippen LogP contribution is 2.27. The molecule has 3 saturated heterocycles. The monoisotopic (exact) mass is 296 g/mol. The molecule has 3 aliphatic rings. The van der Waals surface area contributed by atoms with Crippen LogP contribution in [0.1, 0.15) is 0 Å². The number of anilines is 1. The van der Waals surface area contributed by atoms with Gasteiger partial charge < -0.3 is 5.32 Å². The molecule has 0 amide bonds. The molecule has 108 valence electrons. The van der Waals surface area contributed by atoms with Gasteiger partial charge in [0.15, 0.2) is 0 Å². The van der Waals surface area contributed by atoms with Gasteiger partial charge in [-0.2, -0.15) is 0 Å². The smallest absolute Gasteiger partial charge is 0.271 e. The Morgan fingerprint density at radius 3 is 2.65 bits per heavy atom. The van der Waals surface area contributed by atoms with Crippen LogP contribution < -0.4 is 5.32 Å². The van der Waals surface area contributed by atoms with Crippen molar-refractivity contribution in [2.75, 3.05) is 44.6 Å². The van der Waals surface area contributed by atoms with Gasteiger partial charge in [-0.25, -0.2) is 0 Å². The van der Waals surface area contributed by atoms with E-state index in [1.807, 2.05) is 0 Å². The SMILES string of the molecule is O=[N+]([O-])c1ccc(NCC2CN3CCN2CC3)c(Cl)c1. The molecule has 1 N–H and O–H groups in total. The van der Waals surface area contributed by atoms with E-state index in [0.717, 1.165) is 45.0 Å². The van der Waals surface area contributed by atoms with Crippen LogP contribution in [0.15, 0.2) is 18.2 Å². The van der Waals surface area contributed by atoms with Crippen LogP contribution in [-0.4, -0.2) is 60.0 Å². The van der Waals surface area contributed by atoms with Crippen LogP contribution in [0.3, 0.4) is 0 Å². The van der Waals surface area contributed by atoms with E-state index in [9.17, 15) is 10.1 Å². The fraction of sp³-hybridized carbons (Fsp3) is 0.538. The van der Waals surface area contributed by atoms with Crippen molar-refractivity contribution in [1.29, 1.82) is 0 Å². The molecule has 7 heteroatoms. The predicted octanol–water partition coefficient (Wildman–Crippen LogP) is 1.66. The summed E-state index contributed by atoms with van der Waals surface area (Å²) in [4.78, 5) is 15.2. The number of hydrogen-bond acceptors (Lipinski definition) is 5. The number of non-ortho nitro benzene ring substituents is 1. The lowest BCUT2D eigenvalue weighted by molar-refractivity contribution is -0.384. The van der Waals surface area contributed by atoms with Gasteiger partial charge in [-0.15, -0.1) is 0 Å². The van der Waals surface area contributed by atoms with Gasteiger partial charge in [0.2, 0.25) is 0 Å². The van der Waals surface area contributed by atoms with Crippen LogP contribution in [-0.2, 0) is 0 Å². The Hall–Kier alpha value is -1.37. The summed E-state index contributed by atoms with van der Waals surface area (Å²) >= 11 is 6.08. The number of nitrogens with one attached hydrogen (secondary N) is 1. The van der Waals surface area contributed by atoms with Crippen molar-refractivity contribution in [1.82, 2.24) is 9.80 Å².